The summed E-state index contributed by atoms with van der Waals surface area (Å²) in [6.07, 6.45) is 4.42. The van der Waals surface area contributed by atoms with Crippen LogP contribution in [0.2, 0.25) is 0 Å². The summed E-state index contributed by atoms with van der Waals surface area (Å²) in [6, 6.07) is 70.0. The molecular weight excluding hydrogens is 629 g/mol. The predicted octanol–water partition coefficient (Wildman–Crippen LogP) is 13.4. The van der Waals surface area contributed by atoms with Crippen LogP contribution in [0.3, 0.4) is 0 Å². The molecule has 244 valence electrons. The number of rotatable bonds is 6. The first-order valence-electron chi connectivity index (χ1n) is 17.8. The smallest absolute Gasteiger partial charge is 0.0541 e. The summed E-state index contributed by atoms with van der Waals surface area (Å²) in [5, 5.41) is 5.11. The van der Waals surface area contributed by atoms with Gasteiger partial charge in [0.05, 0.1) is 22.1 Å². The van der Waals surface area contributed by atoms with Gasteiger partial charge in [-0.2, -0.15) is 0 Å². The molecule has 0 amide bonds. The Kier molecular flexibility index (Phi) is 7.18. The summed E-state index contributed by atoms with van der Waals surface area (Å²) in [7, 11) is 0. The molecule has 0 bridgehead atoms. The second kappa shape index (κ2) is 12.5. The lowest BCUT2D eigenvalue weighted by atomic mass is 10.0. The van der Waals surface area contributed by atoms with E-state index < -0.39 is 0 Å². The Morgan fingerprint density at radius 3 is 0.942 bits per heavy atom. The highest BCUT2D eigenvalue weighted by Gasteiger charge is 2.13. The zero-order valence-electron chi connectivity index (χ0n) is 28.5. The van der Waals surface area contributed by atoms with E-state index in [0.717, 1.165) is 0 Å². The van der Waals surface area contributed by atoms with Gasteiger partial charge < -0.3 is 9.13 Å². The molecule has 0 aliphatic rings. The number of hydrogen-bond acceptors (Lipinski definition) is 0. The number of para-hydroxylation sites is 4. The number of benzene rings is 8. The van der Waals surface area contributed by atoms with Gasteiger partial charge in [0, 0.05) is 32.9 Å². The van der Waals surface area contributed by atoms with Gasteiger partial charge >= 0.3 is 0 Å². The van der Waals surface area contributed by atoms with Crippen LogP contribution in [-0.2, 0) is 0 Å². The first kappa shape index (κ1) is 30.0. The molecule has 0 atom stereocenters. The molecule has 0 saturated carbocycles. The van der Waals surface area contributed by atoms with Crippen LogP contribution >= 0.6 is 0 Å². The Balaban J connectivity index is 0.903. The van der Waals surface area contributed by atoms with Crippen LogP contribution in [0.25, 0.3) is 89.4 Å². The molecule has 0 saturated heterocycles. The van der Waals surface area contributed by atoms with Crippen LogP contribution < -0.4 is 0 Å². The van der Waals surface area contributed by atoms with Crippen molar-refractivity contribution in [1.82, 2.24) is 9.13 Å². The van der Waals surface area contributed by atoms with Crippen molar-refractivity contribution in [2.24, 2.45) is 0 Å². The molecule has 0 unspecified atom stereocenters. The van der Waals surface area contributed by atoms with Crippen molar-refractivity contribution in [2.45, 2.75) is 0 Å². The first-order valence-corrected chi connectivity index (χ1v) is 17.8. The maximum atomic E-state index is 2.36. The molecule has 2 nitrogen and oxygen atoms in total. The minimum Gasteiger partial charge on any atom is -0.309 e. The van der Waals surface area contributed by atoms with Crippen molar-refractivity contribution in [3.8, 4) is 33.6 Å². The number of aromatic nitrogens is 2. The average Bonchev–Trinajstić information content (AvgIpc) is 3.74. The quantitative estimate of drug-likeness (QED) is 0.157. The van der Waals surface area contributed by atoms with Gasteiger partial charge in [0.15, 0.2) is 0 Å². The predicted molar refractivity (Wildman–Crippen MR) is 221 cm³/mol. The van der Waals surface area contributed by atoms with E-state index in [4.69, 9.17) is 0 Å². The first-order chi connectivity index (χ1) is 25.8. The standard InChI is InChI=1S/C50H34N2/c1-5-19-47-43(15-1)44-16-2-6-20-48(44)51(47)41-29-25-37(26-30-41)39-13-9-11-35(33-39)23-24-36-12-10-14-40(34-36)38-27-31-42(32-28-38)52-49-21-7-3-17-45(49)46-18-4-8-22-50(46)52/h1-34H. The van der Waals surface area contributed by atoms with E-state index in [2.05, 4.69) is 215 Å². The highest BCUT2D eigenvalue weighted by Crippen LogP contribution is 2.34. The third-order valence-electron chi connectivity index (χ3n) is 10.3. The molecule has 8 aromatic carbocycles. The summed E-state index contributed by atoms with van der Waals surface area (Å²) in [4.78, 5) is 0. The molecule has 2 heteroatoms. The van der Waals surface area contributed by atoms with Crippen LogP contribution in [0.4, 0.5) is 0 Å². The van der Waals surface area contributed by atoms with Crippen LogP contribution in [0.5, 0.6) is 0 Å². The number of nitrogens with zero attached hydrogens (tertiary/aromatic N) is 2. The highest BCUT2D eigenvalue weighted by molar-refractivity contribution is 6.10. The molecule has 0 N–H and O–H groups in total. The molecular formula is C50H34N2. The Morgan fingerprint density at radius 2 is 0.596 bits per heavy atom. The Bertz CT molecular complexity index is 2630. The van der Waals surface area contributed by atoms with E-state index in [9.17, 15) is 0 Å². The highest BCUT2D eigenvalue weighted by atomic mass is 15.0. The van der Waals surface area contributed by atoms with E-state index in [1.807, 2.05) is 0 Å². The topological polar surface area (TPSA) is 9.86 Å². The van der Waals surface area contributed by atoms with Gasteiger partial charge in [-0.1, -0.05) is 146 Å². The van der Waals surface area contributed by atoms with E-state index in [-0.39, 0.29) is 0 Å². The monoisotopic (exact) mass is 662 g/mol. The maximum absolute atomic E-state index is 2.36. The minimum absolute atomic E-state index is 1.17. The molecule has 52 heavy (non-hydrogen) atoms. The van der Waals surface area contributed by atoms with Crippen molar-refractivity contribution >= 4 is 55.8 Å². The fourth-order valence-corrected chi connectivity index (χ4v) is 7.84. The molecule has 0 radical (unpaired) electrons. The molecule has 0 aliphatic carbocycles. The summed E-state index contributed by atoms with van der Waals surface area (Å²) >= 11 is 0. The minimum atomic E-state index is 1.17. The van der Waals surface area contributed by atoms with Crippen LogP contribution in [-0.4, -0.2) is 9.13 Å². The summed E-state index contributed by atoms with van der Waals surface area (Å²) in [5.41, 5.74) is 14.4. The van der Waals surface area contributed by atoms with E-state index in [1.165, 1.54) is 88.4 Å². The lowest BCUT2D eigenvalue weighted by Crippen LogP contribution is -1.93. The second-order valence-corrected chi connectivity index (χ2v) is 13.4. The molecule has 0 fully saturated rings. The fourth-order valence-electron chi connectivity index (χ4n) is 7.84. The zero-order chi connectivity index (χ0) is 34.4. The van der Waals surface area contributed by atoms with Gasteiger partial charge in [-0.05, 0) is 94.0 Å². The third-order valence-corrected chi connectivity index (χ3v) is 10.3. The van der Waals surface area contributed by atoms with Crippen LogP contribution in [0, 0.1) is 0 Å². The molecule has 0 spiro atoms. The summed E-state index contributed by atoms with van der Waals surface area (Å²) < 4.78 is 4.73. The van der Waals surface area contributed by atoms with Gasteiger partial charge in [-0.3, -0.25) is 0 Å². The number of fused-ring (bicyclic) bond motifs is 6. The van der Waals surface area contributed by atoms with Crippen molar-refractivity contribution in [3.05, 3.63) is 205 Å². The van der Waals surface area contributed by atoms with Gasteiger partial charge in [-0.15, -0.1) is 0 Å². The Morgan fingerprint density at radius 1 is 0.269 bits per heavy atom. The van der Waals surface area contributed by atoms with E-state index in [0.29, 0.717) is 0 Å². The lowest BCUT2D eigenvalue weighted by molar-refractivity contribution is 1.18. The molecule has 0 aliphatic heterocycles. The zero-order valence-corrected chi connectivity index (χ0v) is 28.5. The maximum Gasteiger partial charge on any atom is 0.0541 e. The normalized spacial score (nSPS) is 11.8. The van der Waals surface area contributed by atoms with Gasteiger partial charge in [0.2, 0.25) is 0 Å². The van der Waals surface area contributed by atoms with E-state index >= 15 is 0 Å². The van der Waals surface area contributed by atoms with Crippen molar-refractivity contribution in [3.63, 3.8) is 0 Å². The Labute approximate surface area is 302 Å². The number of hydrogen-bond donors (Lipinski definition) is 0. The van der Waals surface area contributed by atoms with Gasteiger partial charge in [0.25, 0.3) is 0 Å². The van der Waals surface area contributed by atoms with Gasteiger partial charge in [0.1, 0.15) is 0 Å². The summed E-state index contributed by atoms with van der Waals surface area (Å²) in [5.74, 6) is 0. The SMILES string of the molecule is C(=Cc1cccc(-c2ccc(-n3c4ccccc4c4ccccc43)cc2)c1)c1cccc(-c2ccc(-n3c4ccccc4c4ccccc43)cc2)c1. The Hall–Kier alpha value is -6.90. The lowest BCUT2D eigenvalue weighted by Gasteiger charge is -2.10. The van der Waals surface area contributed by atoms with Crippen LogP contribution in [0.15, 0.2) is 194 Å². The van der Waals surface area contributed by atoms with Gasteiger partial charge in [-0.25, -0.2) is 0 Å². The second-order valence-electron chi connectivity index (χ2n) is 13.4. The average molecular weight is 663 g/mol. The van der Waals surface area contributed by atoms with Crippen molar-refractivity contribution in [2.75, 3.05) is 0 Å². The third kappa shape index (κ3) is 5.12. The molecule has 2 heterocycles. The molecule has 2 aromatic heterocycles. The largest absolute Gasteiger partial charge is 0.309 e. The summed E-state index contributed by atoms with van der Waals surface area (Å²) in [6.45, 7) is 0. The molecule has 10 aromatic rings. The molecule has 10 rings (SSSR count). The fraction of sp³-hybridized carbons (Fsp3) is 0. The van der Waals surface area contributed by atoms with Crippen LogP contribution in [0.1, 0.15) is 11.1 Å². The van der Waals surface area contributed by atoms with E-state index in [1.54, 1.807) is 0 Å². The van der Waals surface area contributed by atoms with Crippen molar-refractivity contribution in [1.29, 1.82) is 0 Å². The van der Waals surface area contributed by atoms with Crippen molar-refractivity contribution < 1.29 is 0 Å².